The van der Waals surface area contributed by atoms with Crippen LogP contribution in [0.5, 0.6) is 0 Å². The van der Waals surface area contributed by atoms with Gasteiger partial charge in [-0.2, -0.15) is 0 Å². The number of amides is 1. The summed E-state index contributed by atoms with van der Waals surface area (Å²) >= 11 is 0. The molecule has 17 heavy (non-hydrogen) atoms. The zero-order valence-corrected chi connectivity index (χ0v) is 11.7. The maximum absolute atomic E-state index is 12.0. The smallest absolute Gasteiger partial charge is 0.223 e. The van der Waals surface area contributed by atoms with Crippen molar-refractivity contribution >= 4 is 5.91 Å². The van der Waals surface area contributed by atoms with Crippen LogP contribution in [0.4, 0.5) is 0 Å². The summed E-state index contributed by atoms with van der Waals surface area (Å²) in [6.07, 6.45) is 4.81. The van der Waals surface area contributed by atoms with E-state index in [1.807, 2.05) is 0 Å². The van der Waals surface area contributed by atoms with E-state index in [4.69, 9.17) is 0 Å². The molecule has 0 radical (unpaired) electrons. The van der Waals surface area contributed by atoms with Crippen molar-refractivity contribution in [2.75, 3.05) is 26.2 Å². The first-order chi connectivity index (χ1) is 8.19. The van der Waals surface area contributed by atoms with Crippen LogP contribution in [-0.2, 0) is 4.79 Å². The summed E-state index contributed by atoms with van der Waals surface area (Å²) in [6.45, 7) is 10.4. The summed E-state index contributed by atoms with van der Waals surface area (Å²) in [4.78, 5) is 14.4. The summed E-state index contributed by atoms with van der Waals surface area (Å²) in [7, 11) is 0. The Bertz CT molecular complexity index is 226. The van der Waals surface area contributed by atoms with Gasteiger partial charge in [0.15, 0.2) is 0 Å². The lowest BCUT2D eigenvalue weighted by Gasteiger charge is -2.28. The third kappa shape index (κ3) is 4.66. The van der Waals surface area contributed by atoms with Gasteiger partial charge in [-0.3, -0.25) is 4.79 Å². The van der Waals surface area contributed by atoms with Crippen molar-refractivity contribution in [1.29, 1.82) is 0 Å². The zero-order valence-electron chi connectivity index (χ0n) is 11.7. The Morgan fingerprint density at radius 1 is 1.24 bits per heavy atom. The number of nitrogens with one attached hydrogen (secondary N) is 1. The quantitative estimate of drug-likeness (QED) is 0.772. The van der Waals surface area contributed by atoms with Crippen molar-refractivity contribution in [2.24, 2.45) is 11.8 Å². The van der Waals surface area contributed by atoms with Gasteiger partial charge in [0.1, 0.15) is 0 Å². The molecule has 100 valence electrons. The first-order valence-electron chi connectivity index (χ1n) is 7.19. The molecule has 2 atom stereocenters. The lowest BCUT2D eigenvalue weighted by molar-refractivity contribution is -0.127. The Morgan fingerprint density at radius 3 is 2.47 bits per heavy atom. The molecular weight excluding hydrogens is 212 g/mol. The molecule has 0 heterocycles. The minimum atomic E-state index is 0.264. The molecule has 1 saturated carbocycles. The number of likely N-dealkylation sites (N-methyl/N-ethyl adjacent to an activating group) is 1. The third-order valence-electron chi connectivity index (χ3n) is 4.07. The molecule has 1 fully saturated rings. The van der Waals surface area contributed by atoms with E-state index in [1.165, 1.54) is 19.3 Å². The van der Waals surface area contributed by atoms with E-state index in [1.54, 1.807) is 0 Å². The van der Waals surface area contributed by atoms with Crippen molar-refractivity contribution in [1.82, 2.24) is 10.2 Å². The maximum Gasteiger partial charge on any atom is 0.223 e. The average Bonchev–Trinajstić information content (AvgIpc) is 2.35. The minimum Gasteiger partial charge on any atom is -0.355 e. The van der Waals surface area contributed by atoms with E-state index in [0.717, 1.165) is 32.6 Å². The largest absolute Gasteiger partial charge is 0.355 e. The van der Waals surface area contributed by atoms with Crippen molar-refractivity contribution < 1.29 is 4.79 Å². The summed E-state index contributed by atoms with van der Waals surface area (Å²) in [6, 6.07) is 0. The molecule has 1 N–H and O–H groups in total. The van der Waals surface area contributed by atoms with Crippen LogP contribution in [0.3, 0.4) is 0 Å². The standard InChI is InChI=1S/C14H28N2O/c1-4-16(5-2)11-10-15-14(17)13-9-7-6-8-12(13)3/h12-13H,4-11H2,1-3H3,(H,15,17). The monoisotopic (exact) mass is 240 g/mol. The van der Waals surface area contributed by atoms with Gasteiger partial charge >= 0.3 is 0 Å². The average molecular weight is 240 g/mol. The van der Waals surface area contributed by atoms with Crippen LogP contribution in [-0.4, -0.2) is 37.0 Å². The van der Waals surface area contributed by atoms with E-state index in [2.05, 4.69) is 31.0 Å². The van der Waals surface area contributed by atoms with Gasteiger partial charge in [-0.05, 0) is 31.8 Å². The number of carbonyl (C=O) groups is 1. The summed E-state index contributed by atoms with van der Waals surface area (Å²) < 4.78 is 0. The highest BCUT2D eigenvalue weighted by atomic mass is 16.1. The summed E-state index contributed by atoms with van der Waals surface area (Å²) in [5.41, 5.74) is 0. The number of nitrogens with zero attached hydrogens (tertiary/aromatic N) is 1. The number of rotatable bonds is 6. The zero-order chi connectivity index (χ0) is 12.7. The Balaban J connectivity index is 2.24. The maximum atomic E-state index is 12.0. The molecule has 0 aromatic heterocycles. The van der Waals surface area contributed by atoms with E-state index in [9.17, 15) is 4.79 Å². The topological polar surface area (TPSA) is 32.3 Å². The molecule has 3 nitrogen and oxygen atoms in total. The number of carbonyl (C=O) groups excluding carboxylic acids is 1. The van der Waals surface area contributed by atoms with Crippen molar-refractivity contribution in [3.63, 3.8) is 0 Å². The third-order valence-corrected chi connectivity index (χ3v) is 4.07. The van der Waals surface area contributed by atoms with Gasteiger partial charge in [0.05, 0.1) is 0 Å². The fraction of sp³-hybridized carbons (Fsp3) is 0.929. The molecule has 0 saturated heterocycles. The predicted molar refractivity (Wildman–Crippen MR) is 71.9 cm³/mol. The predicted octanol–water partition coefficient (Wildman–Crippen LogP) is 2.27. The second-order valence-electron chi connectivity index (χ2n) is 5.19. The Kier molecular flexibility index (Phi) is 6.56. The molecule has 0 spiro atoms. The van der Waals surface area contributed by atoms with Crippen LogP contribution >= 0.6 is 0 Å². The molecule has 3 heteroatoms. The van der Waals surface area contributed by atoms with Gasteiger partial charge in [0.25, 0.3) is 0 Å². The van der Waals surface area contributed by atoms with Crippen LogP contribution in [0, 0.1) is 11.8 Å². The molecular formula is C14H28N2O. The van der Waals surface area contributed by atoms with E-state index < -0.39 is 0 Å². The first-order valence-corrected chi connectivity index (χ1v) is 7.19. The number of hydrogen-bond acceptors (Lipinski definition) is 2. The van der Waals surface area contributed by atoms with Crippen LogP contribution in [0.25, 0.3) is 0 Å². The molecule has 0 aromatic rings. The SMILES string of the molecule is CCN(CC)CCNC(=O)C1CCCCC1C. The van der Waals surface area contributed by atoms with Gasteiger partial charge in [-0.1, -0.05) is 33.6 Å². The van der Waals surface area contributed by atoms with Crippen LogP contribution in [0.2, 0.25) is 0 Å². The highest BCUT2D eigenvalue weighted by Crippen LogP contribution is 2.29. The van der Waals surface area contributed by atoms with Gasteiger partial charge in [-0.15, -0.1) is 0 Å². The first kappa shape index (κ1) is 14.5. The van der Waals surface area contributed by atoms with E-state index >= 15 is 0 Å². The Morgan fingerprint density at radius 2 is 1.88 bits per heavy atom. The fourth-order valence-corrected chi connectivity index (χ4v) is 2.71. The number of hydrogen-bond donors (Lipinski definition) is 1. The van der Waals surface area contributed by atoms with Crippen LogP contribution < -0.4 is 5.32 Å². The van der Waals surface area contributed by atoms with Crippen molar-refractivity contribution in [3.8, 4) is 0 Å². The lowest BCUT2D eigenvalue weighted by Crippen LogP contribution is -2.40. The Hall–Kier alpha value is -0.570. The normalized spacial score (nSPS) is 24.9. The van der Waals surface area contributed by atoms with Gasteiger partial charge in [-0.25, -0.2) is 0 Å². The molecule has 1 aliphatic rings. The molecule has 2 unspecified atom stereocenters. The van der Waals surface area contributed by atoms with Gasteiger partial charge in [0.2, 0.25) is 5.91 Å². The summed E-state index contributed by atoms with van der Waals surface area (Å²) in [5.74, 6) is 1.11. The fourth-order valence-electron chi connectivity index (χ4n) is 2.71. The van der Waals surface area contributed by atoms with Crippen LogP contribution in [0.1, 0.15) is 46.5 Å². The van der Waals surface area contributed by atoms with Crippen LogP contribution in [0.15, 0.2) is 0 Å². The summed E-state index contributed by atoms with van der Waals surface area (Å²) in [5, 5.41) is 3.10. The second kappa shape index (κ2) is 7.70. The molecule has 0 aliphatic heterocycles. The highest BCUT2D eigenvalue weighted by Gasteiger charge is 2.27. The molecule has 0 aromatic carbocycles. The molecule has 1 rings (SSSR count). The van der Waals surface area contributed by atoms with Gasteiger partial charge in [0, 0.05) is 19.0 Å². The molecule has 1 amide bonds. The van der Waals surface area contributed by atoms with E-state index in [0.29, 0.717) is 5.92 Å². The van der Waals surface area contributed by atoms with Crippen molar-refractivity contribution in [3.05, 3.63) is 0 Å². The van der Waals surface area contributed by atoms with E-state index in [-0.39, 0.29) is 11.8 Å². The Labute approximate surface area is 106 Å². The second-order valence-corrected chi connectivity index (χ2v) is 5.19. The van der Waals surface area contributed by atoms with Gasteiger partial charge < -0.3 is 10.2 Å². The lowest BCUT2D eigenvalue weighted by atomic mass is 9.80. The molecule has 0 bridgehead atoms. The minimum absolute atomic E-state index is 0.264. The molecule has 1 aliphatic carbocycles. The van der Waals surface area contributed by atoms with Crippen molar-refractivity contribution in [2.45, 2.75) is 46.5 Å². The highest BCUT2D eigenvalue weighted by molar-refractivity contribution is 5.78.